The Morgan fingerprint density at radius 2 is 2.00 bits per heavy atom. The van der Waals surface area contributed by atoms with E-state index < -0.39 is 5.41 Å². The first-order valence-electron chi connectivity index (χ1n) is 4.67. The lowest BCUT2D eigenvalue weighted by Gasteiger charge is -2.22. The zero-order valence-electron chi connectivity index (χ0n) is 8.50. The zero-order chi connectivity index (χ0) is 11.3. The molecular formula is C12H11IN2. The van der Waals surface area contributed by atoms with Gasteiger partial charge < -0.3 is 0 Å². The van der Waals surface area contributed by atoms with Crippen molar-refractivity contribution in [3.05, 3.63) is 33.4 Å². The van der Waals surface area contributed by atoms with Crippen LogP contribution < -0.4 is 0 Å². The summed E-state index contributed by atoms with van der Waals surface area (Å²) in [5.74, 6) is 0. The van der Waals surface area contributed by atoms with Crippen molar-refractivity contribution in [3.8, 4) is 12.1 Å². The van der Waals surface area contributed by atoms with Crippen LogP contribution in [0.3, 0.4) is 0 Å². The van der Waals surface area contributed by atoms with E-state index in [0.29, 0.717) is 12.8 Å². The van der Waals surface area contributed by atoms with Crippen LogP contribution in [-0.4, -0.2) is 0 Å². The van der Waals surface area contributed by atoms with Gasteiger partial charge in [0.2, 0.25) is 0 Å². The quantitative estimate of drug-likeness (QED) is 0.804. The maximum Gasteiger partial charge on any atom is 0.0814 e. The fraction of sp³-hybridized carbons (Fsp3) is 0.333. The van der Waals surface area contributed by atoms with Crippen molar-refractivity contribution in [2.24, 2.45) is 0 Å². The minimum absolute atomic E-state index is 0.412. The summed E-state index contributed by atoms with van der Waals surface area (Å²) in [5.41, 5.74) is 0.469. The molecule has 0 aromatic heterocycles. The topological polar surface area (TPSA) is 47.6 Å². The molecule has 1 unspecified atom stereocenters. The van der Waals surface area contributed by atoms with Crippen molar-refractivity contribution >= 4 is 22.6 Å². The van der Waals surface area contributed by atoms with Crippen LogP contribution in [0.4, 0.5) is 0 Å². The van der Waals surface area contributed by atoms with Gasteiger partial charge in [-0.3, -0.25) is 0 Å². The molecule has 1 rings (SSSR count). The van der Waals surface area contributed by atoms with Gasteiger partial charge in [-0.2, -0.15) is 10.5 Å². The summed E-state index contributed by atoms with van der Waals surface area (Å²) in [5, 5.41) is 17.8. The molecule has 0 spiro atoms. The second-order valence-electron chi connectivity index (χ2n) is 3.58. The first-order valence-corrected chi connectivity index (χ1v) is 5.75. The monoisotopic (exact) mass is 310 g/mol. The molecule has 1 aromatic rings. The highest BCUT2D eigenvalue weighted by molar-refractivity contribution is 14.1. The van der Waals surface area contributed by atoms with Crippen molar-refractivity contribution in [1.29, 1.82) is 10.5 Å². The van der Waals surface area contributed by atoms with Crippen molar-refractivity contribution in [1.82, 2.24) is 0 Å². The van der Waals surface area contributed by atoms with E-state index in [4.69, 9.17) is 5.26 Å². The number of halogens is 1. The number of nitrogens with zero attached hydrogens (tertiary/aromatic N) is 2. The van der Waals surface area contributed by atoms with Gasteiger partial charge in [-0.1, -0.05) is 18.2 Å². The fourth-order valence-electron chi connectivity index (χ4n) is 1.47. The lowest BCUT2D eigenvalue weighted by molar-refractivity contribution is 0.560. The summed E-state index contributed by atoms with van der Waals surface area (Å²) >= 11 is 2.23. The first kappa shape index (κ1) is 12.0. The number of benzene rings is 1. The Morgan fingerprint density at radius 3 is 2.53 bits per heavy atom. The van der Waals surface area contributed by atoms with Gasteiger partial charge in [0.25, 0.3) is 0 Å². The number of hydrogen-bond donors (Lipinski definition) is 0. The molecule has 1 aromatic carbocycles. The molecule has 0 heterocycles. The highest BCUT2D eigenvalue weighted by atomic mass is 127. The maximum absolute atomic E-state index is 9.23. The number of nitriles is 2. The van der Waals surface area contributed by atoms with Gasteiger partial charge in [0, 0.05) is 9.99 Å². The molecule has 0 aliphatic carbocycles. The largest absolute Gasteiger partial charge is 0.198 e. The molecule has 0 aliphatic rings. The second kappa shape index (κ2) is 5.14. The minimum Gasteiger partial charge on any atom is -0.198 e. The summed E-state index contributed by atoms with van der Waals surface area (Å²) in [4.78, 5) is 0. The van der Waals surface area contributed by atoms with E-state index in [2.05, 4.69) is 34.7 Å². The highest BCUT2D eigenvalue weighted by Gasteiger charge is 2.27. The van der Waals surface area contributed by atoms with Crippen LogP contribution in [0.1, 0.15) is 25.3 Å². The van der Waals surface area contributed by atoms with E-state index in [9.17, 15) is 5.26 Å². The average molecular weight is 310 g/mol. The van der Waals surface area contributed by atoms with Crippen LogP contribution >= 0.6 is 22.6 Å². The predicted molar refractivity (Wildman–Crippen MR) is 67.0 cm³/mol. The summed E-state index contributed by atoms with van der Waals surface area (Å²) < 4.78 is 1.08. The van der Waals surface area contributed by atoms with Crippen LogP contribution in [0, 0.1) is 26.2 Å². The number of rotatable bonds is 3. The molecule has 0 aliphatic heterocycles. The van der Waals surface area contributed by atoms with Gasteiger partial charge in [0.05, 0.1) is 17.6 Å². The summed E-state index contributed by atoms with van der Waals surface area (Å²) in [6.07, 6.45) is 0.995. The molecule has 3 heteroatoms. The van der Waals surface area contributed by atoms with E-state index in [1.165, 1.54) is 0 Å². The third kappa shape index (κ3) is 2.70. The summed E-state index contributed by atoms with van der Waals surface area (Å²) in [6, 6.07) is 12.2. The standard InChI is InChI=1S/C12H11IN2/c1-12(9-15,7-4-8-14)10-5-2-3-6-11(10)13/h2-3,5-6H,4,7H2,1H3. The molecule has 1 atom stereocenters. The van der Waals surface area contributed by atoms with Gasteiger partial charge in [0.15, 0.2) is 0 Å². The first-order chi connectivity index (χ1) is 7.14. The van der Waals surface area contributed by atoms with Crippen LogP contribution in [-0.2, 0) is 5.41 Å². The molecule has 15 heavy (non-hydrogen) atoms. The third-order valence-corrected chi connectivity index (χ3v) is 3.39. The molecule has 76 valence electrons. The Balaban J connectivity index is 3.08. The van der Waals surface area contributed by atoms with E-state index in [1.807, 2.05) is 31.2 Å². The van der Waals surface area contributed by atoms with Crippen molar-refractivity contribution in [2.45, 2.75) is 25.2 Å². The summed E-state index contributed by atoms with van der Waals surface area (Å²) in [6.45, 7) is 1.89. The zero-order valence-corrected chi connectivity index (χ0v) is 10.7. The SMILES string of the molecule is CC(C#N)(CCC#N)c1ccccc1I. The van der Waals surface area contributed by atoms with Gasteiger partial charge in [-0.15, -0.1) is 0 Å². The van der Waals surface area contributed by atoms with Gasteiger partial charge in [0.1, 0.15) is 0 Å². The molecule has 0 N–H and O–H groups in total. The maximum atomic E-state index is 9.23. The van der Waals surface area contributed by atoms with Gasteiger partial charge >= 0.3 is 0 Å². The smallest absolute Gasteiger partial charge is 0.0814 e. The molecule has 0 bridgehead atoms. The van der Waals surface area contributed by atoms with E-state index in [0.717, 1.165) is 9.13 Å². The highest BCUT2D eigenvalue weighted by Crippen LogP contribution is 2.31. The molecule has 0 radical (unpaired) electrons. The lowest BCUT2D eigenvalue weighted by Crippen LogP contribution is -2.20. The Bertz CT molecular complexity index is 428. The van der Waals surface area contributed by atoms with Crippen LogP contribution in [0.25, 0.3) is 0 Å². The van der Waals surface area contributed by atoms with E-state index in [-0.39, 0.29) is 0 Å². The molecular weight excluding hydrogens is 299 g/mol. The van der Waals surface area contributed by atoms with Crippen LogP contribution in [0.2, 0.25) is 0 Å². The van der Waals surface area contributed by atoms with Crippen molar-refractivity contribution in [2.75, 3.05) is 0 Å². The fourth-order valence-corrected chi connectivity index (χ4v) is 2.45. The lowest BCUT2D eigenvalue weighted by atomic mass is 9.80. The predicted octanol–water partition coefficient (Wildman–Crippen LogP) is 3.38. The van der Waals surface area contributed by atoms with E-state index in [1.54, 1.807) is 0 Å². The van der Waals surface area contributed by atoms with E-state index >= 15 is 0 Å². The Labute approximate surface area is 104 Å². The van der Waals surface area contributed by atoms with Gasteiger partial charge in [-0.05, 0) is 47.6 Å². The summed E-state index contributed by atoms with van der Waals surface area (Å²) in [7, 11) is 0. The molecule has 0 saturated carbocycles. The molecule has 0 saturated heterocycles. The van der Waals surface area contributed by atoms with Crippen molar-refractivity contribution < 1.29 is 0 Å². The Morgan fingerprint density at radius 1 is 1.33 bits per heavy atom. The molecule has 2 nitrogen and oxygen atoms in total. The second-order valence-corrected chi connectivity index (χ2v) is 4.74. The van der Waals surface area contributed by atoms with Crippen molar-refractivity contribution in [3.63, 3.8) is 0 Å². The number of hydrogen-bond acceptors (Lipinski definition) is 2. The molecule has 0 amide bonds. The third-order valence-electron chi connectivity index (χ3n) is 2.45. The molecule has 0 fully saturated rings. The average Bonchev–Trinajstić information content (AvgIpc) is 2.26. The Hall–Kier alpha value is -1.07. The van der Waals surface area contributed by atoms with Gasteiger partial charge in [-0.25, -0.2) is 0 Å². The normalized spacial score (nSPS) is 13.6. The van der Waals surface area contributed by atoms with Crippen LogP contribution in [0.15, 0.2) is 24.3 Å². The minimum atomic E-state index is -0.548. The van der Waals surface area contributed by atoms with Crippen LogP contribution in [0.5, 0.6) is 0 Å². The Kier molecular flexibility index (Phi) is 4.11.